The molecule has 0 atom stereocenters. The van der Waals surface area contributed by atoms with Crippen LogP contribution in [0.5, 0.6) is 0 Å². The Bertz CT molecular complexity index is 11.7. The van der Waals surface area contributed by atoms with Crippen molar-refractivity contribution in [2.45, 2.75) is 0 Å². The fraction of sp³-hybridized carbons (Fsp3) is 0. The molecule has 7 heavy (non-hydrogen) atoms. The van der Waals surface area contributed by atoms with Crippen LogP contribution in [0.25, 0.3) is 0 Å². The molecule has 32 valence electrons. The van der Waals surface area contributed by atoms with Gasteiger partial charge in [-0.05, 0) is 0 Å². The fourth-order valence-electron chi connectivity index (χ4n) is 0. The summed E-state index contributed by atoms with van der Waals surface area (Å²) in [5.74, 6) is 0. The van der Waals surface area contributed by atoms with Crippen molar-refractivity contribution in [2.24, 2.45) is 0 Å². The normalized spacial score (nSPS) is 0. The van der Waals surface area contributed by atoms with Crippen molar-refractivity contribution >= 4 is 71.8 Å². The maximum Gasteiger partial charge on any atom is 4.00 e. The van der Waals surface area contributed by atoms with Gasteiger partial charge < -0.3 is 21.9 Å². The van der Waals surface area contributed by atoms with E-state index in [9.17, 15) is 0 Å². The van der Waals surface area contributed by atoms with Crippen molar-refractivity contribution in [3.63, 3.8) is 0 Å². The van der Waals surface area contributed by atoms with Crippen molar-refractivity contribution in [3.8, 4) is 0 Å². The number of hydrogen-bond donors (Lipinski definition) is 0. The van der Waals surface area contributed by atoms with Crippen LogP contribution >= 0.6 is 0 Å². The quantitative estimate of drug-likeness (QED) is 0.375. The summed E-state index contributed by atoms with van der Waals surface area (Å²) in [5.41, 5.74) is 0. The molecular formula is CaMgO4Si. The fourth-order valence-corrected chi connectivity index (χ4v) is 0. The van der Waals surface area contributed by atoms with E-state index in [4.69, 9.17) is 0 Å². The van der Waals surface area contributed by atoms with Gasteiger partial charge in [0.25, 0.3) is 0 Å². The minimum absolute atomic E-state index is 0. The average molecular weight is 156 g/mol. The molecule has 0 amide bonds. The molecule has 0 aliphatic carbocycles. The molecule has 0 unspecified atom stereocenters. The summed E-state index contributed by atoms with van der Waals surface area (Å²) < 4.78 is 0. The van der Waals surface area contributed by atoms with E-state index in [0.29, 0.717) is 0 Å². The summed E-state index contributed by atoms with van der Waals surface area (Å²) in [6.45, 7) is 0. The van der Waals surface area contributed by atoms with Crippen LogP contribution in [-0.2, 0) is 21.9 Å². The molecule has 0 aromatic rings. The summed E-state index contributed by atoms with van der Waals surface area (Å²) in [7, 11) is 0. The third kappa shape index (κ3) is 68.9. The predicted octanol–water partition coefficient (Wildman–Crippen LogP) is -1.62. The molecule has 0 aromatic carbocycles. The van der Waals surface area contributed by atoms with Crippen LogP contribution in [0, 0.1) is 0 Å². The van der Waals surface area contributed by atoms with Gasteiger partial charge >= 0.3 is 71.8 Å². The van der Waals surface area contributed by atoms with Crippen LogP contribution in [-0.4, -0.2) is 71.8 Å². The minimum atomic E-state index is 0. The Labute approximate surface area is 92.5 Å². The van der Waals surface area contributed by atoms with Crippen molar-refractivity contribution in [2.75, 3.05) is 0 Å². The first-order valence-electron chi connectivity index (χ1n) is 0. The third-order valence-electron chi connectivity index (χ3n) is 0. The van der Waals surface area contributed by atoms with E-state index >= 15 is 0 Å². The van der Waals surface area contributed by atoms with E-state index in [1.165, 1.54) is 0 Å². The van der Waals surface area contributed by atoms with E-state index in [1.807, 2.05) is 0 Å². The van der Waals surface area contributed by atoms with Crippen LogP contribution in [0.2, 0.25) is 0 Å². The maximum absolute atomic E-state index is 0. The number of rotatable bonds is 0. The monoisotopic (exact) mass is 156 g/mol. The zero-order chi connectivity index (χ0) is 0. The smallest absolute Gasteiger partial charge is 2.00 e. The second-order valence-electron chi connectivity index (χ2n) is 0. The van der Waals surface area contributed by atoms with Gasteiger partial charge in [-0.15, -0.1) is 0 Å². The Kier molecular flexibility index (Phi) is 1830. The molecular weight excluding hydrogens is 156 g/mol. The molecule has 0 fully saturated rings. The third-order valence-corrected chi connectivity index (χ3v) is 0. The van der Waals surface area contributed by atoms with E-state index in [1.54, 1.807) is 0 Å². The molecule has 0 saturated heterocycles. The molecule has 0 radical (unpaired) electrons. The van der Waals surface area contributed by atoms with Crippen LogP contribution < -0.4 is 0 Å². The Morgan fingerprint density at radius 2 is 0.571 bits per heavy atom. The maximum atomic E-state index is 0. The Hall–Kier alpha value is 2.08. The van der Waals surface area contributed by atoms with Gasteiger partial charge in [0.1, 0.15) is 0 Å². The van der Waals surface area contributed by atoms with Gasteiger partial charge in [-0.1, -0.05) is 0 Å². The van der Waals surface area contributed by atoms with Crippen molar-refractivity contribution in [3.05, 3.63) is 0 Å². The summed E-state index contributed by atoms with van der Waals surface area (Å²) in [6.07, 6.45) is 0. The zero-order valence-electron chi connectivity index (χ0n) is 3.55. The first-order valence-corrected chi connectivity index (χ1v) is 0. The Balaban J connectivity index is 0. The van der Waals surface area contributed by atoms with Crippen LogP contribution in [0.4, 0.5) is 0 Å². The molecule has 0 aromatic heterocycles. The summed E-state index contributed by atoms with van der Waals surface area (Å²) in [6, 6.07) is 0. The topological polar surface area (TPSA) is 114 Å². The van der Waals surface area contributed by atoms with E-state index in [0.717, 1.165) is 0 Å². The molecule has 0 aliphatic rings. The van der Waals surface area contributed by atoms with Gasteiger partial charge in [0, 0.05) is 0 Å². The molecule has 0 spiro atoms. The zero-order valence-corrected chi connectivity index (χ0v) is 8.17. The molecule has 0 bridgehead atoms. The van der Waals surface area contributed by atoms with Crippen LogP contribution in [0.15, 0.2) is 0 Å². The molecule has 0 heterocycles. The van der Waals surface area contributed by atoms with Crippen LogP contribution in [0.1, 0.15) is 0 Å². The summed E-state index contributed by atoms with van der Waals surface area (Å²) in [4.78, 5) is 0. The summed E-state index contributed by atoms with van der Waals surface area (Å²) >= 11 is 0. The standard InChI is InChI=1S/Ca.Mg.4O.Si/q2*+2;4*-2;+4. The molecule has 0 saturated carbocycles. The minimum Gasteiger partial charge on any atom is -2.00 e. The van der Waals surface area contributed by atoms with Gasteiger partial charge in [0.2, 0.25) is 0 Å². The molecule has 0 aliphatic heterocycles. The SMILES string of the molecule is [Ca+2].[Mg+2].[O-2].[O-2].[O-2].[O-2].[Si+4]. The van der Waals surface area contributed by atoms with Gasteiger partial charge in [-0.25, -0.2) is 0 Å². The molecule has 0 rings (SSSR count). The average Bonchev–Trinajstić information content (AvgIpc) is 0. The van der Waals surface area contributed by atoms with Gasteiger partial charge in [-0.3, -0.25) is 0 Å². The van der Waals surface area contributed by atoms with Crippen molar-refractivity contribution in [1.29, 1.82) is 0 Å². The van der Waals surface area contributed by atoms with Gasteiger partial charge in [0.05, 0.1) is 0 Å². The van der Waals surface area contributed by atoms with E-state index < -0.39 is 0 Å². The van der Waals surface area contributed by atoms with E-state index in [2.05, 4.69) is 0 Å². The van der Waals surface area contributed by atoms with Crippen molar-refractivity contribution in [1.82, 2.24) is 0 Å². The first-order chi connectivity index (χ1) is 0. The number of hydrogen-bond acceptors (Lipinski definition) is 0. The Morgan fingerprint density at radius 3 is 0.571 bits per heavy atom. The second kappa shape index (κ2) is 93.5. The molecule has 0 N–H and O–H groups in total. The largest absolute Gasteiger partial charge is 4.00 e. The van der Waals surface area contributed by atoms with Crippen molar-refractivity contribution < 1.29 is 21.9 Å². The predicted molar refractivity (Wildman–Crippen MR) is 20.0 cm³/mol. The first kappa shape index (κ1) is 137. The van der Waals surface area contributed by atoms with Gasteiger partial charge in [0.15, 0.2) is 0 Å². The second-order valence-corrected chi connectivity index (χ2v) is 0. The van der Waals surface area contributed by atoms with E-state index in [-0.39, 0.29) is 93.7 Å². The molecule has 4 nitrogen and oxygen atoms in total. The molecule has 7 heteroatoms. The van der Waals surface area contributed by atoms with Crippen LogP contribution in [0.3, 0.4) is 0 Å². The Morgan fingerprint density at radius 1 is 0.571 bits per heavy atom. The van der Waals surface area contributed by atoms with Gasteiger partial charge in [-0.2, -0.15) is 0 Å². The summed E-state index contributed by atoms with van der Waals surface area (Å²) in [5, 5.41) is 0.